The van der Waals surface area contributed by atoms with Gasteiger partial charge in [0.15, 0.2) is 0 Å². The van der Waals surface area contributed by atoms with E-state index in [1.807, 2.05) is 0 Å². The van der Waals surface area contributed by atoms with E-state index >= 15 is 0 Å². The summed E-state index contributed by atoms with van der Waals surface area (Å²) in [6, 6.07) is 5.15. The molecule has 0 bridgehead atoms. The number of nitrogens with two attached hydrogens (primary N) is 1. The van der Waals surface area contributed by atoms with E-state index in [0.717, 1.165) is 6.54 Å². The second-order valence-electron chi connectivity index (χ2n) is 6.34. The lowest BCUT2D eigenvalue weighted by atomic mass is 9.82. The molecule has 0 saturated heterocycles. The van der Waals surface area contributed by atoms with Gasteiger partial charge in [-0.2, -0.15) is 0 Å². The molecule has 2 rings (SSSR count). The average Bonchev–Trinajstić information content (AvgIpc) is 2.35. The summed E-state index contributed by atoms with van der Waals surface area (Å²) in [5.74, 6) is 0.957. The van der Waals surface area contributed by atoms with Crippen LogP contribution >= 0.6 is 0 Å². The summed E-state index contributed by atoms with van der Waals surface area (Å²) in [4.78, 5) is 19.2. The fraction of sp³-hybridized carbons (Fsp3) is 0.467. The third kappa shape index (κ3) is 3.10. The molecule has 0 amide bonds. The maximum Gasteiger partial charge on any atom is 0.260 e. The molecular formula is C15H22N4O. The van der Waals surface area contributed by atoms with Crippen LogP contribution < -0.4 is 16.6 Å². The van der Waals surface area contributed by atoms with Crippen molar-refractivity contribution in [3.05, 3.63) is 28.6 Å². The van der Waals surface area contributed by atoms with Crippen molar-refractivity contribution in [2.45, 2.75) is 27.7 Å². The Hall–Kier alpha value is -2.04. The van der Waals surface area contributed by atoms with Gasteiger partial charge in [0.2, 0.25) is 5.95 Å². The first-order valence-electron chi connectivity index (χ1n) is 6.81. The first kappa shape index (κ1) is 14.4. The normalized spacial score (nSPS) is 13.4. The fourth-order valence-corrected chi connectivity index (χ4v) is 1.80. The molecule has 1 aromatic heterocycles. The van der Waals surface area contributed by atoms with Gasteiger partial charge in [0.25, 0.3) is 5.56 Å². The molecule has 4 N–H and O–H groups in total. The summed E-state index contributed by atoms with van der Waals surface area (Å²) in [7, 11) is 0. The van der Waals surface area contributed by atoms with Gasteiger partial charge in [0.1, 0.15) is 0 Å². The zero-order valence-corrected chi connectivity index (χ0v) is 12.4. The zero-order chi connectivity index (χ0) is 14.9. The van der Waals surface area contributed by atoms with Crippen molar-refractivity contribution < 1.29 is 0 Å². The molecule has 5 heteroatoms. The van der Waals surface area contributed by atoms with E-state index in [1.165, 1.54) is 0 Å². The second kappa shape index (κ2) is 5.15. The molecule has 0 spiro atoms. The minimum Gasteiger partial charge on any atom is -0.399 e. The van der Waals surface area contributed by atoms with Gasteiger partial charge in [-0.1, -0.05) is 27.7 Å². The van der Waals surface area contributed by atoms with Crippen LogP contribution in [-0.2, 0) is 0 Å². The Kier molecular flexibility index (Phi) is 3.70. The van der Waals surface area contributed by atoms with Gasteiger partial charge in [0, 0.05) is 12.2 Å². The zero-order valence-electron chi connectivity index (χ0n) is 12.4. The van der Waals surface area contributed by atoms with E-state index in [9.17, 15) is 4.79 Å². The number of H-pyrrole nitrogens is 1. The van der Waals surface area contributed by atoms with Crippen LogP contribution in [0.15, 0.2) is 23.0 Å². The Bertz CT molecular complexity index is 670. The smallest absolute Gasteiger partial charge is 0.260 e. The highest BCUT2D eigenvalue weighted by molar-refractivity contribution is 5.81. The molecule has 0 fully saturated rings. The van der Waals surface area contributed by atoms with Crippen molar-refractivity contribution in [1.82, 2.24) is 9.97 Å². The Morgan fingerprint density at radius 1 is 1.40 bits per heavy atom. The van der Waals surface area contributed by atoms with Crippen LogP contribution in [0.25, 0.3) is 10.9 Å². The highest BCUT2D eigenvalue weighted by atomic mass is 16.1. The van der Waals surface area contributed by atoms with E-state index in [-0.39, 0.29) is 11.0 Å². The SMILES string of the molecule is CC(CNc1nc2ccc(N)cc2c(=O)[nH]1)C(C)(C)C. The van der Waals surface area contributed by atoms with Gasteiger partial charge in [-0.3, -0.25) is 9.78 Å². The van der Waals surface area contributed by atoms with Crippen LogP contribution in [0.3, 0.4) is 0 Å². The van der Waals surface area contributed by atoms with Crippen molar-refractivity contribution in [1.29, 1.82) is 0 Å². The minimum absolute atomic E-state index is 0.173. The standard InChI is InChI=1S/C15H22N4O/c1-9(15(2,3)4)8-17-14-18-12-6-5-10(16)7-11(12)13(20)19-14/h5-7,9H,8,16H2,1-4H3,(H2,17,18,19,20). The monoisotopic (exact) mass is 274 g/mol. The number of benzene rings is 1. The highest BCUT2D eigenvalue weighted by Gasteiger charge is 2.19. The van der Waals surface area contributed by atoms with Crippen LogP contribution in [0.4, 0.5) is 11.6 Å². The predicted molar refractivity (Wildman–Crippen MR) is 83.9 cm³/mol. The lowest BCUT2D eigenvalue weighted by Gasteiger charge is -2.27. The maximum absolute atomic E-state index is 12.0. The van der Waals surface area contributed by atoms with Crippen LogP contribution in [0.2, 0.25) is 0 Å². The first-order valence-corrected chi connectivity index (χ1v) is 6.81. The Morgan fingerprint density at radius 3 is 2.75 bits per heavy atom. The van der Waals surface area contributed by atoms with Gasteiger partial charge in [-0.05, 0) is 29.5 Å². The number of aromatic amines is 1. The van der Waals surface area contributed by atoms with E-state index in [0.29, 0.717) is 28.5 Å². The van der Waals surface area contributed by atoms with Crippen LogP contribution in [0, 0.1) is 11.3 Å². The number of aromatic nitrogens is 2. The molecule has 5 nitrogen and oxygen atoms in total. The first-order chi connectivity index (χ1) is 9.27. The molecule has 108 valence electrons. The maximum atomic E-state index is 12.0. The van der Waals surface area contributed by atoms with E-state index in [2.05, 4.69) is 43.0 Å². The summed E-state index contributed by atoms with van der Waals surface area (Å²) in [6.45, 7) is 9.51. The van der Waals surface area contributed by atoms with E-state index in [4.69, 9.17) is 5.73 Å². The Balaban J connectivity index is 2.24. The number of nitrogen functional groups attached to an aromatic ring is 1. The quantitative estimate of drug-likeness (QED) is 0.751. The number of rotatable bonds is 3. The van der Waals surface area contributed by atoms with Gasteiger partial charge in [0.05, 0.1) is 10.9 Å². The van der Waals surface area contributed by atoms with Crippen LogP contribution in [0.5, 0.6) is 0 Å². The molecule has 2 aromatic rings. The number of hydrogen-bond acceptors (Lipinski definition) is 4. The Morgan fingerprint density at radius 2 is 2.10 bits per heavy atom. The van der Waals surface area contributed by atoms with Gasteiger partial charge in [-0.25, -0.2) is 4.98 Å². The van der Waals surface area contributed by atoms with Crippen molar-refractivity contribution in [2.75, 3.05) is 17.6 Å². The lowest BCUT2D eigenvalue weighted by molar-refractivity contribution is 0.274. The minimum atomic E-state index is -0.173. The predicted octanol–water partition coefficient (Wildman–Crippen LogP) is 2.60. The number of nitrogens with zero attached hydrogens (tertiary/aromatic N) is 1. The molecule has 0 aliphatic heterocycles. The van der Waals surface area contributed by atoms with Crippen molar-refractivity contribution in [2.24, 2.45) is 11.3 Å². The Labute approximate surface area is 118 Å². The van der Waals surface area contributed by atoms with E-state index in [1.54, 1.807) is 18.2 Å². The molecule has 1 atom stereocenters. The topological polar surface area (TPSA) is 83.8 Å². The molecule has 1 aromatic carbocycles. The van der Waals surface area contributed by atoms with Gasteiger partial charge >= 0.3 is 0 Å². The van der Waals surface area contributed by atoms with Crippen molar-refractivity contribution >= 4 is 22.5 Å². The molecule has 20 heavy (non-hydrogen) atoms. The van der Waals surface area contributed by atoms with E-state index < -0.39 is 0 Å². The largest absolute Gasteiger partial charge is 0.399 e. The lowest BCUT2D eigenvalue weighted by Crippen LogP contribution is -2.26. The number of anilines is 2. The van der Waals surface area contributed by atoms with Crippen molar-refractivity contribution in [3.8, 4) is 0 Å². The molecule has 0 radical (unpaired) electrons. The summed E-state index contributed by atoms with van der Waals surface area (Å²) in [6.07, 6.45) is 0. The van der Waals surface area contributed by atoms with Crippen LogP contribution in [-0.4, -0.2) is 16.5 Å². The number of nitrogens with one attached hydrogen (secondary N) is 2. The molecule has 1 heterocycles. The van der Waals surface area contributed by atoms with Gasteiger partial charge < -0.3 is 11.1 Å². The van der Waals surface area contributed by atoms with Crippen molar-refractivity contribution in [3.63, 3.8) is 0 Å². The highest BCUT2D eigenvalue weighted by Crippen LogP contribution is 2.25. The molecule has 0 aliphatic carbocycles. The summed E-state index contributed by atoms with van der Waals surface area (Å²) >= 11 is 0. The second-order valence-corrected chi connectivity index (χ2v) is 6.34. The molecule has 0 saturated carbocycles. The fourth-order valence-electron chi connectivity index (χ4n) is 1.80. The molecule has 0 aliphatic rings. The molecule has 1 unspecified atom stereocenters. The summed E-state index contributed by atoms with van der Waals surface area (Å²) < 4.78 is 0. The summed E-state index contributed by atoms with van der Waals surface area (Å²) in [5, 5.41) is 3.71. The number of hydrogen-bond donors (Lipinski definition) is 3. The average molecular weight is 274 g/mol. The van der Waals surface area contributed by atoms with Crippen LogP contribution in [0.1, 0.15) is 27.7 Å². The number of fused-ring (bicyclic) bond motifs is 1. The summed E-state index contributed by atoms with van der Waals surface area (Å²) in [5.41, 5.74) is 6.92. The van der Waals surface area contributed by atoms with Gasteiger partial charge in [-0.15, -0.1) is 0 Å². The molecular weight excluding hydrogens is 252 g/mol. The third-order valence-electron chi connectivity index (χ3n) is 3.78. The third-order valence-corrected chi connectivity index (χ3v) is 3.78.